The molecule has 2 amide bonds. The molecule has 0 fully saturated rings. The van der Waals surface area contributed by atoms with Crippen LogP contribution < -0.4 is 14.8 Å². The third-order valence-corrected chi connectivity index (χ3v) is 5.91. The van der Waals surface area contributed by atoms with Crippen LogP contribution in [0, 0.1) is 5.92 Å². The number of hydrogen-bond donors (Lipinski definition) is 1. The average Bonchev–Trinajstić information content (AvgIpc) is 3.02. The molecule has 27 heavy (non-hydrogen) atoms. The fourth-order valence-electron chi connectivity index (χ4n) is 2.80. The van der Waals surface area contributed by atoms with Crippen LogP contribution in [-0.4, -0.2) is 47.4 Å². The molecule has 9 heteroatoms. The second-order valence-corrected chi connectivity index (χ2v) is 8.32. The topological polar surface area (TPSA) is 89.4 Å². The number of thioether (sulfide) groups is 2. The zero-order valence-corrected chi connectivity index (χ0v) is 16.2. The van der Waals surface area contributed by atoms with Gasteiger partial charge in [-0.1, -0.05) is 17.8 Å². The molecule has 3 heterocycles. The Balaban J connectivity index is 1.28. The van der Waals surface area contributed by atoms with Gasteiger partial charge >= 0.3 is 0 Å². The Hall–Kier alpha value is -2.26. The lowest BCUT2D eigenvalue weighted by Crippen LogP contribution is -2.24. The number of nitrogens with zero attached hydrogens (tertiary/aromatic N) is 2. The summed E-state index contributed by atoms with van der Waals surface area (Å²) in [6.07, 6.45) is 1.89. The summed E-state index contributed by atoms with van der Waals surface area (Å²) in [5.41, 5.74) is 0.655. The lowest BCUT2D eigenvalue weighted by Gasteiger charge is -2.19. The van der Waals surface area contributed by atoms with Gasteiger partial charge < -0.3 is 14.8 Å². The number of fused-ring (bicyclic) bond motifs is 2. The van der Waals surface area contributed by atoms with E-state index in [0.29, 0.717) is 42.0 Å². The minimum absolute atomic E-state index is 0.141. The quantitative estimate of drug-likeness (QED) is 0.813. The summed E-state index contributed by atoms with van der Waals surface area (Å²) >= 11 is 2.88. The van der Waals surface area contributed by atoms with Gasteiger partial charge in [-0.15, -0.1) is 11.8 Å². The third-order valence-electron chi connectivity index (χ3n) is 3.97. The van der Waals surface area contributed by atoms with Crippen molar-refractivity contribution >= 4 is 51.9 Å². The summed E-state index contributed by atoms with van der Waals surface area (Å²) in [6, 6.07) is 5.31. The number of anilines is 1. The second kappa shape index (κ2) is 7.77. The maximum Gasteiger partial charge on any atom is 0.261 e. The van der Waals surface area contributed by atoms with Crippen molar-refractivity contribution in [3.05, 3.63) is 29.2 Å². The number of allylic oxidation sites excluding steroid dienone is 1. The van der Waals surface area contributed by atoms with Crippen LogP contribution in [0.15, 0.2) is 39.2 Å². The molecule has 1 atom stereocenters. The molecule has 140 valence electrons. The van der Waals surface area contributed by atoms with Crippen molar-refractivity contribution in [1.82, 2.24) is 0 Å². The Morgan fingerprint density at radius 3 is 2.96 bits per heavy atom. The summed E-state index contributed by atoms with van der Waals surface area (Å²) in [4.78, 5) is 33.8. The lowest BCUT2D eigenvalue weighted by atomic mass is 10.1. The van der Waals surface area contributed by atoms with E-state index in [2.05, 4.69) is 15.3 Å². The van der Waals surface area contributed by atoms with Crippen molar-refractivity contribution in [3.8, 4) is 11.5 Å². The minimum atomic E-state index is -0.317. The predicted octanol–water partition coefficient (Wildman–Crippen LogP) is 2.73. The summed E-state index contributed by atoms with van der Waals surface area (Å²) < 4.78 is 11.0. The highest BCUT2D eigenvalue weighted by atomic mass is 32.2. The van der Waals surface area contributed by atoms with Crippen molar-refractivity contribution in [1.29, 1.82) is 0 Å². The van der Waals surface area contributed by atoms with Crippen molar-refractivity contribution in [3.63, 3.8) is 0 Å². The van der Waals surface area contributed by atoms with Gasteiger partial charge in [0.05, 0.1) is 16.5 Å². The molecular weight excluding hydrogens is 386 g/mol. The number of hydrogen-bond acceptors (Lipinski definition) is 7. The Bertz CT molecular complexity index is 895. The van der Waals surface area contributed by atoms with E-state index < -0.39 is 0 Å². The maximum atomic E-state index is 12.2. The largest absolute Gasteiger partial charge is 0.486 e. The van der Waals surface area contributed by atoms with Crippen LogP contribution in [0.25, 0.3) is 0 Å². The number of rotatable bonds is 5. The van der Waals surface area contributed by atoms with E-state index in [4.69, 9.17) is 9.47 Å². The molecule has 1 aromatic carbocycles. The molecule has 0 spiro atoms. The van der Waals surface area contributed by atoms with Crippen LogP contribution in [0.4, 0.5) is 5.69 Å². The van der Waals surface area contributed by atoms with Crippen LogP contribution in [0.2, 0.25) is 0 Å². The molecular formula is C18H17N3O4S2. The van der Waals surface area contributed by atoms with Crippen LogP contribution >= 0.6 is 23.5 Å². The van der Waals surface area contributed by atoms with Gasteiger partial charge in [0.2, 0.25) is 5.91 Å². The fourth-order valence-corrected chi connectivity index (χ4v) is 4.46. The first-order valence-electron chi connectivity index (χ1n) is 8.42. The molecule has 0 saturated carbocycles. The molecule has 0 bridgehead atoms. The minimum Gasteiger partial charge on any atom is -0.486 e. The van der Waals surface area contributed by atoms with E-state index in [1.165, 1.54) is 23.5 Å². The first kappa shape index (κ1) is 18.1. The zero-order valence-electron chi connectivity index (χ0n) is 14.6. The van der Waals surface area contributed by atoms with E-state index in [-0.39, 0.29) is 23.5 Å². The summed E-state index contributed by atoms with van der Waals surface area (Å²) in [5.74, 6) is 1.79. The van der Waals surface area contributed by atoms with Gasteiger partial charge in [-0.2, -0.15) is 4.99 Å². The summed E-state index contributed by atoms with van der Waals surface area (Å²) in [6.45, 7) is 2.98. The molecule has 1 aromatic rings. The van der Waals surface area contributed by atoms with Gasteiger partial charge in [0.1, 0.15) is 25.0 Å². The van der Waals surface area contributed by atoms with Gasteiger partial charge in [0.25, 0.3) is 5.91 Å². The standard InChI is InChI=1S/C18H17N3O4S2/c1-10-6-12-17(23)20-15(21-18(12)27-10)8-26-9-16(22)19-11-2-3-13-14(7-11)25-5-4-24-13/h2-3,6-7,12H,4-5,8-9H2,1H3,(H,19,22). The maximum absolute atomic E-state index is 12.2. The lowest BCUT2D eigenvalue weighted by molar-refractivity contribution is -0.118. The third kappa shape index (κ3) is 4.19. The highest BCUT2D eigenvalue weighted by molar-refractivity contribution is 8.17. The number of benzene rings is 1. The van der Waals surface area contributed by atoms with Gasteiger partial charge in [0, 0.05) is 11.8 Å². The van der Waals surface area contributed by atoms with Gasteiger partial charge in [-0.05, 0) is 24.0 Å². The smallest absolute Gasteiger partial charge is 0.261 e. The fraction of sp³-hybridized carbons (Fsp3) is 0.333. The van der Waals surface area contributed by atoms with Crippen LogP contribution in [0.5, 0.6) is 11.5 Å². The van der Waals surface area contributed by atoms with Crippen molar-refractivity contribution < 1.29 is 19.1 Å². The highest BCUT2D eigenvalue weighted by Gasteiger charge is 2.32. The molecule has 3 aliphatic heterocycles. The monoisotopic (exact) mass is 403 g/mol. The number of amidine groups is 1. The van der Waals surface area contributed by atoms with Gasteiger partial charge in [-0.3, -0.25) is 9.59 Å². The predicted molar refractivity (Wildman–Crippen MR) is 108 cm³/mol. The van der Waals surface area contributed by atoms with E-state index in [1.807, 2.05) is 13.0 Å². The first-order valence-corrected chi connectivity index (χ1v) is 10.4. The Kier molecular flexibility index (Phi) is 5.22. The molecule has 1 N–H and O–H groups in total. The Morgan fingerprint density at radius 1 is 1.30 bits per heavy atom. The van der Waals surface area contributed by atoms with E-state index in [0.717, 1.165) is 9.95 Å². The normalized spacial score (nSPS) is 20.4. The number of amides is 2. The highest BCUT2D eigenvalue weighted by Crippen LogP contribution is 2.34. The molecule has 4 rings (SSSR count). The van der Waals surface area contributed by atoms with Crippen LogP contribution in [-0.2, 0) is 9.59 Å². The number of carbonyl (C=O) groups excluding carboxylic acids is 2. The summed E-state index contributed by atoms with van der Waals surface area (Å²) in [7, 11) is 0. The summed E-state index contributed by atoms with van der Waals surface area (Å²) in [5, 5.41) is 3.61. The first-order chi connectivity index (χ1) is 13.1. The number of ether oxygens (including phenoxy) is 2. The van der Waals surface area contributed by atoms with Crippen molar-refractivity contribution in [2.75, 3.05) is 30.0 Å². The van der Waals surface area contributed by atoms with Crippen LogP contribution in [0.1, 0.15) is 6.92 Å². The number of carbonyl (C=O) groups is 2. The SMILES string of the molecule is CC1=CC2C(=O)N=C(CSCC(=O)Nc3ccc4c(c3)OCCO4)N=C2S1. The van der Waals surface area contributed by atoms with Gasteiger partial charge in [0.15, 0.2) is 11.5 Å². The molecule has 0 aromatic heterocycles. The van der Waals surface area contributed by atoms with E-state index in [9.17, 15) is 9.59 Å². The second-order valence-electron chi connectivity index (χ2n) is 6.07. The van der Waals surface area contributed by atoms with Crippen molar-refractivity contribution in [2.24, 2.45) is 15.9 Å². The average molecular weight is 403 g/mol. The Morgan fingerprint density at radius 2 is 2.11 bits per heavy atom. The van der Waals surface area contributed by atoms with Gasteiger partial charge in [-0.25, -0.2) is 4.99 Å². The molecule has 0 saturated heterocycles. The molecule has 0 radical (unpaired) electrons. The van der Waals surface area contributed by atoms with E-state index in [1.54, 1.807) is 18.2 Å². The number of aliphatic imine (C=N–C) groups is 2. The number of nitrogens with one attached hydrogen (secondary N) is 1. The zero-order chi connectivity index (χ0) is 18.8. The Labute approximate surface area is 164 Å². The van der Waals surface area contributed by atoms with E-state index >= 15 is 0 Å². The van der Waals surface area contributed by atoms with Crippen molar-refractivity contribution in [2.45, 2.75) is 6.92 Å². The molecule has 0 aliphatic carbocycles. The van der Waals surface area contributed by atoms with Crippen LogP contribution in [0.3, 0.4) is 0 Å². The molecule has 1 unspecified atom stereocenters. The molecule has 7 nitrogen and oxygen atoms in total. The molecule has 3 aliphatic rings.